The van der Waals surface area contributed by atoms with Crippen LogP contribution >= 0.6 is 21.6 Å². The topological polar surface area (TPSA) is 42.0 Å². The van der Waals surface area contributed by atoms with Crippen molar-refractivity contribution in [1.82, 2.24) is 10.3 Å². The third kappa shape index (κ3) is 8.39. The molecule has 1 aromatic carbocycles. The van der Waals surface area contributed by atoms with E-state index in [0.717, 1.165) is 29.5 Å². The zero-order valence-corrected chi connectivity index (χ0v) is 18.1. The lowest BCUT2D eigenvalue weighted by Crippen LogP contribution is -2.24. The Hall–Kier alpha value is -1.46. The van der Waals surface area contributed by atoms with Crippen LogP contribution in [-0.4, -0.2) is 17.4 Å². The maximum absolute atomic E-state index is 12.2. The van der Waals surface area contributed by atoms with Crippen LogP contribution in [0, 0.1) is 5.92 Å². The van der Waals surface area contributed by atoms with Gasteiger partial charge in [-0.2, -0.15) is 0 Å². The number of amides is 1. The quantitative estimate of drug-likeness (QED) is 0.343. The number of hydrogen-bond donors (Lipinski definition) is 1. The molecule has 0 bridgehead atoms. The first-order valence-electron chi connectivity index (χ1n) is 9.68. The van der Waals surface area contributed by atoms with E-state index >= 15 is 0 Å². The van der Waals surface area contributed by atoms with Gasteiger partial charge in [-0.05, 0) is 59.9 Å². The Morgan fingerprint density at radius 2 is 1.81 bits per heavy atom. The Morgan fingerprint density at radius 1 is 1.04 bits per heavy atom. The molecule has 0 saturated heterocycles. The van der Waals surface area contributed by atoms with Gasteiger partial charge in [0, 0.05) is 23.6 Å². The molecule has 0 aliphatic carbocycles. The van der Waals surface area contributed by atoms with Gasteiger partial charge in [0.15, 0.2) is 0 Å². The molecule has 146 valence electrons. The van der Waals surface area contributed by atoms with E-state index in [1.54, 1.807) is 21.6 Å². The SMILES string of the molecule is CC(C)CCCCCNC(=O)c1ccc(C(C)SSc2ccccn2)cc1. The second-order valence-corrected chi connectivity index (χ2v) is 9.67. The van der Waals surface area contributed by atoms with Crippen LogP contribution in [0.25, 0.3) is 0 Å². The van der Waals surface area contributed by atoms with Gasteiger partial charge in [-0.3, -0.25) is 4.79 Å². The van der Waals surface area contributed by atoms with E-state index in [4.69, 9.17) is 0 Å². The zero-order chi connectivity index (χ0) is 19.5. The van der Waals surface area contributed by atoms with E-state index in [0.29, 0.717) is 5.25 Å². The number of rotatable bonds is 11. The van der Waals surface area contributed by atoms with Crippen LogP contribution in [0.2, 0.25) is 0 Å². The molecule has 1 unspecified atom stereocenters. The fourth-order valence-electron chi connectivity index (χ4n) is 2.64. The number of unbranched alkanes of at least 4 members (excludes halogenated alkanes) is 2. The van der Waals surface area contributed by atoms with Gasteiger partial charge in [-0.15, -0.1) is 0 Å². The van der Waals surface area contributed by atoms with Crippen molar-refractivity contribution in [3.8, 4) is 0 Å². The lowest BCUT2D eigenvalue weighted by Gasteiger charge is -2.11. The van der Waals surface area contributed by atoms with Crippen molar-refractivity contribution in [2.24, 2.45) is 5.92 Å². The van der Waals surface area contributed by atoms with Crippen molar-refractivity contribution >= 4 is 27.5 Å². The molecule has 0 aliphatic heterocycles. The standard InChI is InChI=1S/C22H30N2OS2/c1-17(2)9-5-4-7-16-24-22(25)20-13-11-19(12-14-20)18(3)26-27-21-10-6-8-15-23-21/h6,8,10-15,17-18H,4-5,7,9,16H2,1-3H3,(H,24,25). The van der Waals surface area contributed by atoms with Gasteiger partial charge in [0.25, 0.3) is 5.91 Å². The van der Waals surface area contributed by atoms with Crippen molar-refractivity contribution < 1.29 is 4.79 Å². The van der Waals surface area contributed by atoms with E-state index in [9.17, 15) is 4.79 Å². The number of carbonyl (C=O) groups is 1. The van der Waals surface area contributed by atoms with Crippen molar-refractivity contribution in [2.45, 2.75) is 56.7 Å². The maximum Gasteiger partial charge on any atom is 0.251 e. The molecule has 0 aliphatic rings. The molecule has 1 N–H and O–H groups in total. The minimum atomic E-state index is 0.0218. The third-order valence-electron chi connectivity index (χ3n) is 4.30. The Labute approximate surface area is 171 Å². The summed E-state index contributed by atoms with van der Waals surface area (Å²) >= 11 is 0. The lowest BCUT2D eigenvalue weighted by molar-refractivity contribution is 0.0953. The molecule has 0 saturated carbocycles. The number of pyridine rings is 1. The van der Waals surface area contributed by atoms with Crippen LogP contribution in [0.5, 0.6) is 0 Å². The summed E-state index contributed by atoms with van der Waals surface area (Å²) in [5.41, 5.74) is 1.95. The molecule has 2 aromatic rings. The van der Waals surface area contributed by atoms with Crippen molar-refractivity contribution in [1.29, 1.82) is 0 Å². The molecular formula is C22H30N2OS2. The van der Waals surface area contributed by atoms with Crippen molar-refractivity contribution in [3.63, 3.8) is 0 Å². The summed E-state index contributed by atoms with van der Waals surface area (Å²) in [7, 11) is 3.45. The van der Waals surface area contributed by atoms with Crippen LogP contribution in [-0.2, 0) is 0 Å². The van der Waals surface area contributed by atoms with Crippen LogP contribution in [0.3, 0.4) is 0 Å². The first-order chi connectivity index (χ1) is 13.1. The van der Waals surface area contributed by atoms with Gasteiger partial charge in [-0.1, -0.05) is 62.1 Å². The van der Waals surface area contributed by atoms with E-state index in [1.807, 2.05) is 48.7 Å². The predicted molar refractivity (Wildman–Crippen MR) is 118 cm³/mol. The molecule has 1 aromatic heterocycles. The van der Waals surface area contributed by atoms with E-state index in [2.05, 4.69) is 31.1 Å². The van der Waals surface area contributed by atoms with E-state index in [1.165, 1.54) is 24.8 Å². The lowest BCUT2D eigenvalue weighted by atomic mass is 10.1. The molecule has 1 atom stereocenters. The second kappa shape index (κ2) is 12.1. The highest BCUT2D eigenvalue weighted by Gasteiger charge is 2.10. The van der Waals surface area contributed by atoms with Gasteiger partial charge in [-0.25, -0.2) is 4.98 Å². The van der Waals surface area contributed by atoms with Crippen molar-refractivity contribution in [3.05, 3.63) is 59.8 Å². The van der Waals surface area contributed by atoms with Gasteiger partial charge in [0.05, 0.1) is 0 Å². The van der Waals surface area contributed by atoms with E-state index in [-0.39, 0.29) is 5.91 Å². The van der Waals surface area contributed by atoms with Crippen LogP contribution in [0.1, 0.15) is 67.6 Å². The number of nitrogens with zero attached hydrogens (tertiary/aromatic N) is 1. The molecule has 1 heterocycles. The number of nitrogens with one attached hydrogen (secondary N) is 1. The molecule has 27 heavy (non-hydrogen) atoms. The molecule has 5 heteroatoms. The summed E-state index contributed by atoms with van der Waals surface area (Å²) in [4.78, 5) is 16.6. The molecular weight excluding hydrogens is 372 g/mol. The average Bonchev–Trinajstić information content (AvgIpc) is 2.69. The van der Waals surface area contributed by atoms with Crippen LogP contribution in [0.15, 0.2) is 53.7 Å². The number of aromatic nitrogens is 1. The summed E-state index contributed by atoms with van der Waals surface area (Å²) in [5.74, 6) is 0.787. The molecule has 3 nitrogen and oxygen atoms in total. The second-order valence-electron chi connectivity index (χ2n) is 7.11. The van der Waals surface area contributed by atoms with Crippen LogP contribution < -0.4 is 5.32 Å². The highest BCUT2D eigenvalue weighted by molar-refractivity contribution is 8.76. The maximum atomic E-state index is 12.2. The Balaban J connectivity index is 1.72. The normalized spacial score (nSPS) is 12.1. The van der Waals surface area contributed by atoms with Crippen molar-refractivity contribution in [2.75, 3.05) is 6.54 Å². The smallest absolute Gasteiger partial charge is 0.251 e. The van der Waals surface area contributed by atoms with Gasteiger partial charge in [0.2, 0.25) is 0 Å². The predicted octanol–water partition coefficient (Wildman–Crippen LogP) is 6.53. The fraction of sp³-hybridized carbons (Fsp3) is 0.455. The summed E-state index contributed by atoms with van der Waals surface area (Å²) in [6.07, 6.45) is 6.55. The first-order valence-corrected chi connectivity index (χ1v) is 11.9. The largest absolute Gasteiger partial charge is 0.352 e. The fourth-order valence-corrected chi connectivity index (χ4v) is 4.74. The first kappa shape index (κ1) is 21.8. The van der Waals surface area contributed by atoms with E-state index < -0.39 is 0 Å². The Morgan fingerprint density at radius 3 is 2.48 bits per heavy atom. The molecule has 0 radical (unpaired) electrons. The summed E-state index contributed by atoms with van der Waals surface area (Å²) < 4.78 is 0. The molecule has 2 rings (SSSR count). The Kier molecular flexibility index (Phi) is 9.78. The van der Waals surface area contributed by atoms with Gasteiger partial charge < -0.3 is 5.32 Å². The number of carbonyl (C=O) groups excluding carboxylic acids is 1. The molecule has 0 fully saturated rings. The highest BCUT2D eigenvalue weighted by atomic mass is 33.1. The van der Waals surface area contributed by atoms with Crippen LogP contribution in [0.4, 0.5) is 0 Å². The molecule has 0 spiro atoms. The number of benzene rings is 1. The summed E-state index contributed by atoms with van der Waals surface area (Å²) in [6.45, 7) is 7.43. The minimum Gasteiger partial charge on any atom is -0.352 e. The monoisotopic (exact) mass is 402 g/mol. The minimum absolute atomic E-state index is 0.0218. The molecule has 1 amide bonds. The van der Waals surface area contributed by atoms with Gasteiger partial charge in [0.1, 0.15) is 5.03 Å². The highest BCUT2D eigenvalue weighted by Crippen LogP contribution is 2.41. The average molecular weight is 403 g/mol. The zero-order valence-electron chi connectivity index (χ0n) is 16.5. The Bertz CT molecular complexity index is 674. The summed E-state index contributed by atoms with van der Waals surface area (Å²) in [5, 5.41) is 4.37. The van der Waals surface area contributed by atoms with Gasteiger partial charge >= 0.3 is 0 Å². The third-order valence-corrected chi connectivity index (χ3v) is 7.04. The summed E-state index contributed by atoms with van der Waals surface area (Å²) in [6, 6.07) is 13.9. The number of hydrogen-bond acceptors (Lipinski definition) is 4.